The number of nitrogens with zero attached hydrogens (tertiary/aromatic N) is 1. The maximum absolute atomic E-state index is 12.2. The Kier molecular flexibility index (Phi) is 4.37. The molecule has 2 atom stereocenters. The van der Waals surface area contributed by atoms with Gasteiger partial charge in [-0.1, -0.05) is 6.42 Å². The summed E-state index contributed by atoms with van der Waals surface area (Å²) in [6, 6.07) is 3.52. The van der Waals surface area contributed by atoms with E-state index in [1.807, 2.05) is 19.9 Å². The third-order valence-corrected chi connectivity index (χ3v) is 3.83. The largest absolute Gasteiger partial charge is 0.481 e. The Hall–Kier alpha value is -1.91. The summed E-state index contributed by atoms with van der Waals surface area (Å²) < 4.78 is 0. The van der Waals surface area contributed by atoms with Gasteiger partial charge in [-0.15, -0.1) is 0 Å². The van der Waals surface area contributed by atoms with E-state index in [0.29, 0.717) is 24.1 Å². The minimum atomic E-state index is -0.767. The lowest BCUT2D eigenvalue weighted by atomic mass is 9.85. The average Bonchev–Trinajstić information content (AvgIpc) is 2.38. The van der Waals surface area contributed by atoms with Crippen molar-refractivity contribution in [2.75, 3.05) is 0 Å². The lowest BCUT2D eigenvalue weighted by Gasteiger charge is -2.27. The van der Waals surface area contributed by atoms with Crippen molar-refractivity contribution in [3.05, 3.63) is 29.1 Å². The van der Waals surface area contributed by atoms with Crippen LogP contribution in [0.1, 0.15) is 47.4 Å². The first-order chi connectivity index (χ1) is 9.47. The topological polar surface area (TPSA) is 79.3 Å². The molecule has 0 spiro atoms. The third kappa shape index (κ3) is 3.35. The summed E-state index contributed by atoms with van der Waals surface area (Å²) in [6.07, 6.45) is 2.90. The van der Waals surface area contributed by atoms with Gasteiger partial charge in [-0.25, -0.2) is 0 Å². The Morgan fingerprint density at radius 3 is 2.70 bits per heavy atom. The quantitative estimate of drug-likeness (QED) is 0.885. The van der Waals surface area contributed by atoms with Crippen molar-refractivity contribution in [3.63, 3.8) is 0 Å². The number of carboxylic acid groups (broad SMARTS) is 1. The molecule has 2 N–H and O–H groups in total. The molecule has 1 aliphatic rings. The number of aromatic nitrogens is 1. The monoisotopic (exact) mass is 276 g/mol. The van der Waals surface area contributed by atoms with Gasteiger partial charge in [0.15, 0.2) is 0 Å². The van der Waals surface area contributed by atoms with Gasteiger partial charge in [0.2, 0.25) is 0 Å². The summed E-state index contributed by atoms with van der Waals surface area (Å²) >= 11 is 0. The molecule has 1 saturated carbocycles. The molecule has 0 bridgehead atoms. The van der Waals surface area contributed by atoms with Gasteiger partial charge < -0.3 is 10.4 Å². The molecule has 1 aromatic heterocycles. The number of aryl methyl sites for hydroxylation is 2. The third-order valence-electron chi connectivity index (χ3n) is 3.83. The van der Waals surface area contributed by atoms with Gasteiger partial charge >= 0.3 is 5.97 Å². The highest BCUT2D eigenvalue weighted by molar-refractivity contribution is 5.95. The highest BCUT2D eigenvalue weighted by Gasteiger charge is 2.28. The molecule has 1 aromatic rings. The number of carbonyl (C=O) groups is 2. The Balaban J connectivity index is 2.02. The SMILES string of the molecule is Cc1ccc(C(=O)NC2CCCC(C(=O)O)C2)c(C)n1. The van der Waals surface area contributed by atoms with Crippen molar-refractivity contribution in [2.45, 2.75) is 45.6 Å². The van der Waals surface area contributed by atoms with Gasteiger partial charge in [0, 0.05) is 11.7 Å². The zero-order valence-electron chi connectivity index (χ0n) is 11.8. The van der Waals surface area contributed by atoms with Crippen molar-refractivity contribution < 1.29 is 14.7 Å². The summed E-state index contributed by atoms with van der Waals surface area (Å²) in [5.74, 6) is -1.27. The number of rotatable bonds is 3. The normalized spacial score (nSPS) is 22.3. The maximum Gasteiger partial charge on any atom is 0.306 e. The number of nitrogens with one attached hydrogen (secondary N) is 1. The summed E-state index contributed by atoms with van der Waals surface area (Å²) in [5.41, 5.74) is 2.14. The summed E-state index contributed by atoms with van der Waals surface area (Å²) in [7, 11) is 0. The number of amides is 1. The molecule has 1 aliphatic carbocycles. The highest BCUT2D eigenvalue weighted by atomic mass is 16.4. The van der Waals surface area contributed by atoms with Crippen molar-refractivity contribution in [2.24, 2.45) is 5.92 Å². The molecule has 1 heterocycles. The van der Waals surface area contributed by atoms with Crippen LogP contribution in [0.4, 0.5) is 0 Å². The van der Waals surface area contributed by atoms with Gasteiger partial charge in [0.25, 0.3) is 5.91 Å². The molecule has 0 aliphatic heterocycles. The molecular formula is C15H20N2O3. The predicted octanol–water partition coefficient (Wildman–Crippen LogP) is 2.07. The van der Waals surface area contributed by atoms with Crippen LogP contribution in [0, 0.1) is 19.8 Å². The van der Waals surface area contributed by atoms with Crippen LogP contribution in [0.5, 0.6) is 0 Å². The standard InChI is InChI=1S/C15H20N2O3/c1-9-6-7-13(10(2)16-9)14(18)17-12-5-3-4-11(8-12)15(19)20/h6-7,11-12H,3-5,8H2,1-2H3,(H,17,18)(H,19,20). The first kappa shape index (κ1) is 14.5. The molecule has 1 fully saturated rings. The van der Waals surface area contributed by atoms with Crippen LogP contribution in [0.25, 0.3) is 0 Å². The molecule has 0 aromatic carbocycles. The van der Waals surface area contributed by atoms with Crippen LogP contribution in [-0.2, 0) is 4.79 Å². The molecule has 0 saturated heterocycles. The van der Waals surface area contributed by atoms with E-state index >= 15 is 0 Å². The molecule has 2 unspecified atom stereocenters. The molecule has 108 valence electrons. The molecule has 5 heteroatoms. The number of carboxylic acids is 1. The van der Waals surface area contributed by atoms with E-state index in [1.54, 1.807) is 6.07 Å². The number of carbonyl (C=O) groups excluding carboxylic acids is 1. The fourth-order valence-corrected chi connectivity index (χ4v) is 2.73. The maximum atomic E-state index is 12.2. The van der Waals surface area contributed by atoms with Crippen molar-refractivity contribution >= 4 is 11.9 Å². The van der Waals surface area contributed by atoms with Crippen molar-refractivity contribution in [1.29, 1.82) is 0 Å². The first-order valence-electron chi connectivity index (χ1n) is 6.95. The van der Waals surface area contributed by atoms with Crippen molar-refractivity contribution in [3.8, 4) is 0 Å². The Bertz CT molecular complexity index is 528. The minimum Gasteiger partial charge on any atom is -0.481 e. The van der Waals surface area contributed by atoms with E-state index < -0.39 is 5.97 Å². The Labute approximate surface area is 118 Å². The van der Waals surface area contributed by atoms with Gasteiger partial charge in [-0.2, -0.15) is 0 Å². The summed E-state index contributed by atoms with van der Waals surface area (Å²) in [5, 5.41) is 12.0. The fourth-order valence-electron chi connectivity index (χ4n) is 2.73. The number of pyridine rings is 1. The zero-order chi connectivity index (χ0) is 14.7. The van der Waals surface area contributed by atoms with Crippen LogP contribution >= 0.6 is 0 Å². The predicted molar refractivity (Wildman–Crippen MR) is 74.6 cm³/mol. The van der Waals surface area contributed by atoms with E-state index in [1.165, 1.54) is 0 Å². The Morgan fingerprint density at radius 1 is 1.30 bits per heavy atom. The van der Waals surface area contributed by atoms with Crippen LogP contribution in [-0.4, -0.2) is 28.0 Å². The van der Waals surface area contributed by atoms with Crippen LogP contribution < -0.4 is 5.32 Å². The number of aliphatic carboxylic acids is 1. The molecule has 1 amide bonds. The van der Waals surface area contributed by atoms with E-state index in [9.17, 15) is 9.59 Å². The molecule has 0 radical (unpaired) electrons. The van der Waals surface area contributed by atoms with E-state index in [0.717, 1.165) is 18.5 Å². The van der Waals surface area contributed by atoms with Gasteiger partial charge in [-0.3, -0.25) is 14.6 Å². The van der Waals surface area contributed by atoms with E-state index in [4.69, 9.17) is 5.11 Å². The molecular weight excluding hydrogens is 256 g/mol. The van der Waals surface area contributed by atoms with Crippen molar-refractivity contribution in [1.82, 2.24) is 10.3 Å². The van der Waals surface area contributed by atoms with E-state index in [2.05, 4.69) is 10.3 Å². The lowest BCUT2D eigenvalue weighted by Crippen LogP contribution is -2.40. The van der Waals surface area contributed by atoms with Gasteiger partial charge in [-0.05, 0) is 45.2 Å². The zero-order valence-corrected chi connectivity index (χ0v) is 11.8. The lowest BCUT2D eigenvalue weighted by molar-refractivity contribution is -0.143. The summed E-state index contributed by atoms with van der Waals surface area (Å²) in [4.78, 5) is 27.5. The average molecular weight is 276 g/mol. The second kappa shape index (κ2) is 6.03. The Morgan fingerprint density at radius 2 is 2.05 bits per heavy atom. The van der Waals surface area contributed by atoms with Crippen LogP contribution in [0.3, 0.4) is 0 Å². The smallest absolute Gasteiger partial charge is 0.306 e. The van der Waals surface area contributed by atoms with E-state index in [-0.39, 0.29) is 17.9 Å². The molecule has 2 rings (SSSR count). The van der Waals surface area contributed by atoms with Gasteiger partial charge in [0.05, 0.1) is 17.2 Å². The molecule has 20 heavy (non-hydrogen) atoms. The first-order valence-corrected chi connectivity index (χ1v) is 6.95. The van der Waals surface area contributed by atoms with Crippen LogP contribution in [0.2, 0.25) is 0 Å². The number of hydrogen-bond donors (Lipinski definition) is 2. The van der Waals surface area contributed by atoms with Crippen LogP contribution in [0.15, 0.2) is 12.1 Å². The number of hydrogen-bond acceptors (Lipinski definition) is 3. The molecule has 5 nitrogen and oxygen atoms in total. The minimum absolute atomic E-state index is 0.0574. The summed E-state index contributed by atoms with van der Waals surface area (Å²) in [6.45, 7) is 3.69. The second-order valence-electron chi connectivity index (χ2n) is 5.46. The fraction of sp³-hybridized carbons (Fsp3) is 0.533. The van der Waals surface area contributed by atoms with Gasteiger partial charge in [0.1, 0.15) is 0 Å². The highest BCUT2D eigenvalue weighted by Crippen LogP contribution is 2.24. The second-order valence-corrected chi connectivity index (χ2v) is 5.46.